The fourth-order valence-corrected chi connectivity index (χ4v) is 3.36. The van der Waals surface area contributed by atoms with Crippen molar-refractivity contribution in [3.8, 4) is 0 Å². The molecule has 0 saturated carbocycles. The van der Waals surface area contributed by atoms with Crippen molar-refractivity contribution >= 4 is 29.0 Å². The van der Waals surface area contributed by atoms with Crippen molar-refractivity contribution in [3.63, 3.8) is 0 Å². The van der Waals surface area contributed by atoms with E-state index in [1.54, 1.807) is 18.2 Å². The maximum Gasteiger partial charge on any atom is 0.293 e. The molecule has 0 unspecified atom stereocenters. The van der Waals surface area contributed by atoms with E-state index < -0.39 is 0 Å². The monoisotopic (exact) mass is 353 g/mol. The minimum atomic E-state index is -0.348. The molecule has 126 valence electrons. The Morgan fingerprint density at radius 1 is 1.08 bits per heavy atom. The molecule has 3 rings (SSSR count). The smallest absolute Gasteiger partial charge is 0.268 e. The number of allylic oxidation sites excluding steroid dienone is 2. The average molecular weight is 353 g/mol. The van der Waals surface area contributed by atoms with E-state index in [2.05, 4.69) is 0 Å². The summed E-state index contributed by atoms with van der Waals surface area (Å²) in [5.41, 5.74) is 2.63. The van der Waals surface area contributed by atoms with Gasteiger partial charge in [-0.1, -0.05) is 48.5 Å². The van der Waals surface area contributed by atoms with Crippen LogP contribution >= 0.6 is 11.8 Å². The normalized spacial score (nSPS) is 16.8. The van der Waals surface area contributed by atoms with E-state index in [1.807, 2.05) is 43.3 Å². The predicted octanol–water partition coefficient (Wildman–Crippen LogP) is 5.01. The van der Waals surface area contributed by atoms with Gasteiger partial charge < -0.3 is 0 Å². The number of hydrogen-bond acceptors (Lipinski definition) is 3. The Kier molecular flexibility index (Phi) is 5.14. The number of imide groups is 1. The van der Waals surface area contributed by atoms with Gasteiger partial charge >= 0.3 is 0 Å². The fraction of sp³-hybridized carbons (Fsp3) is 0.100. The lowest BCUT2D eigenvalue weighted by Crippen LogP contribution is -2.27. The highest BCUT2D eigenvalue weighted by Crippen LogP contribution is 2.32. The lowest BCUT2D eigenvalue weighted by Gasteiger charge is -2.12. The summed E-state index contributed by atoms with van der Waals surface area (Å²) < 4.78 is 13.0. The first-order valence-electron chi connectivity index (χ1n) is 7.76. The molecule has 1 fully saturated rings. The number of hydrogen-bond donors (Lipinski definition) is 0. The molecule has 0 aromatic heterocycles. The summed E-state index contributed by atoms with van der Waals surface area (Å²) in [5, 5.41) is -0.312. The molecule has 1 saturated heterocycles. The quantitative estimate of drug-likeness (QED) is 0.725. The zero-order chi connectivity index (χ0) is 17.8. The third-order valence-corrected chi connectivity index (χ3v) is 4.59. The lowest BCUT2D eigenvalue weighted by molar-refractivity contribution is -0.123. The summed E-state index contributed by atoms with van der Waals surface area (Å²) in [5.74, 6) is -0.667. The lowest BCUT2D eigenvalue weighted by atomic mass is 10.1. The van der Waals surface area contributed by atoms with Crippen LogP contribution in [0.3, 0.4) is 0 Å². The van der Waals surface area contributed by atoms with Gasteiger partial charge in [0.1, 0.15) is 5.82 Å². The molecule has 1 heterocycles. The van der Waals surface area contributed by atoms with Crippen LogP contribution in [0, 0.1) is 5.82 Å². The van der Waals surface area contributed by atoms with E-state index in [1.165, 1.54) is 17.0 Å². The van der Waals surface area contributed by atoms with Crippen LogP contribution < -0.4 is 0 Å². The van der Waals surface area contributed by atoms with Crippen LogP contribution in [0.4, 0.5) is 9.18 Å². The summed E-state index contributed by atoms with van der Waals surface area (Å²) in [7, 11) is 0. The molecule has 1 aliphatic rings. The second kappa shape index (κ2) is 7.49. The number of rotatable bonds is 4. The fourth-order valence-electron chi connectivity index (χ4n) is 2.47. The number of amides is 2. The molecule has 0 atom stereocenters. The summed E-state index contributed by atoms with van der Waals surface area (Å²) in [6.45, 7) is 2.03. The van der Waals surface area contributed by atoms with Crippen molar-refractivity contribution in [3.05, 3.63) is 88.1 Å². The van der Waals surface area contributed by atoms with E-state index in [4.69, 9.17) is 0 Å². The highest BCUT2D eigenvalue weighted by Gasteiger charge is 2.34. The number of halogens is 1. The highest BCUT2D eigenvalue weighted by molar-refractivity contribution is 8.18. The Morgan fingerprint density at radius 3 is 2.44 bits per heavy atom. The van der Waals surface area contributed by atoms with Gasteiger partial charge in [0.15, 0.2) is 0 Å². The van der Waals surface area contributed by atoms with Crippen LogP contribution in [-0.2, 0) is 11.3 Å². The Balaban J connectivity index is 1.76. The molecule has 0 spiro atoms. The number of carbonyl (C=O) groups is 2. The zero-order valence-electron chi connectivity index (χ0n) is 13.6. The van der Waals surface area contributed by atoms with Gasteiger partial charge in [-0.2, -0.15) is 0 Å². The van der Waals surface area contributed by atoms with E-state index in [0.29, 0.717) is 10.5 Å². The summed E-state index contributed by atoms with van der Waals surface area (Å²) in [6, 6.07) is 15.5. The van der Waals surface area contributed by atoms with Gasteiger partial charge in [0.25, 0.3) is 11.1 Å². The van der Waals surface area contributed by atoms with Crippen molar-refractivity contribution in [2.24, 2.45) is 0 Å². The molecule has 3 nitrogen and oxygen atoms in total. The van der Waals surface area contributed by atoms with Gasteiger partial charge in [0, 0.05) is 0 Å². The van der Waals surface area contributed by atoms with Gasteiger partial charge in [-0.05, 0) is 53.6 Å². The molecule has 0 bridgehead atoms. The van der Waals surface area contributed by atoms with Crippen molar-refractivity contribution < 1.29 is 14.0 Å². The molecular weight excluding hydrogens is 337 g/mol. The van der Waals surface area contributed by atoms with Gasteiger partial charge in [-0.3, -0.25) is 14.5 Å². The molecule has 2 aromatic rings. The van der Waals surface area contributed by atoms with Crippen LogP contribution in [0.15, 0.2) is 71.2 Å². The molecular formula is C20H16FNO2S. The standard InChI is InChI=1S/C20H16FNO2S/c1-14(11-15-5-3-2-4-6-15)12-18-19(23)22(20(24)25-18)13-16-7-9-17(21)10-8-16/h2-12H,13H2,1H3/b14-11+,18-12-. The topological polar surface area (TPSA) is 37.4 Å². The van der Waals surface area contributed by atoms with Crippen molar-refractivity contribution in [2.45, 2.75) is 13.5 Å². The molecule has 0 radical (unpaired) electrons. The van der Waals surface area contributed by atoms with Crippen molar-refractivity contribution in [1.29, 1.82) is 0 Å². The highest BCUT2D eigenvalue weighted by atomic mass is 32.2. The molecule has 5 heteroatoms. The van der Waals surface area contributed by atoms with Crippen LogP contribution in [0.1, 0.15) is 18.1 Å². The van der Waals surface area contributed by atoms with Gasteiger partial charge in [-0.25, -0.2) is 4.39 Å². The maximum absolute atomic E-state index is 13.0. The molecule has 2 aromatic carbocycles. The average Bonchev–Trinajstić information content (AvgIpc) is 2.85. The van der Waals surface area contributed by atoms with Crippen LogP contribution in [-0.4, -0.2) is 16.0 Å². The van der Waals surface area contributed by atoms with Gasteiger partial charge in [-0.15, -0.1) is 0 Å². The van der Waals surface area contributed by atoms with E-state index in [-0.39, 0.29) is 23.5 Å². The Morgan fingerprint density at radius 2 is 1.76 bits per heavy atom. The summed E-state index contributed by atoms with van der Waals surface area (Å²) in [4.78, 5) is 26.2. The molecule has 0 aliphatic carbocycles. The summed E-state index contributed by atoms with van der Waals surface area (Å²) in [6.07, 6.45) is 3.68. The molecule has 25 heavy (non-hydrogen) atoms. The number of carbonyl (C=O) groups excluding carboxylic acids is 2. The predicted molar refractivity (Wildman–Crippen MR) is 98.1 cm³/mol. The van der Waals surface area contributed by atoms with Crippen molar-refractivity contribution in [2.75, 3.05) is 0 Å². The summed E-state index contributed by atoms with van der Waals surface area (Å²) >= 11 is 0.927. The molecule has 1 aliphatic heterocycles. The van der Waals surface area contributed by atoms with E-state index >= 15 is 0 Å². The number of benzene rings is 2. The van der Waals surface area contributed by atoms with Crippen molar-refractivity contribution in [1.82, 2.24) is 4.90 Å². The van der Waals surface area contributed by atoms with Crippen LogP contribution in [0.5, 0.6) is 0 Å². The minimum absolute atomic E-state index is 0.143. The third kappa shape index (κ3) is 4.25. The second-order valence-electron chi connectivity index (χ2n) is 5.69. The number of thioether (sulfide) groups is 1. The Labute approximate surface area is 149 Å². The first-order chi connectivity index (χ1) is 12.0. The Hall–Kier alpha value is -2.66. The third-order valence-electron chi connectivity index (χ3n) is 3.68. The number of nitrogens with zero attached hydrogens (tertiary/aromatic N) is 1. The van der Waals surface area contributed by atoms with Gasteiger partial charge in [0.05, 0.1) is 11.4 Å². The largest absolute Gasteiger partial charge is 0.293 e. The Bertz CT molecular complexity index is 857. The molecule has 2 amide bonds. The zero-order valence-corrected chi connectivity index (χ0v) is 14.4. The molecule has 0 N–H and O–H groups in total. The maximum atomic E-state index is 13.0. The first kappa shape index (κ1) is 17.2. The van der Waals surface area contributed by atoms with E-state index in [9.17, 15) is 14.0 Å². The SMILES string of the molecule is CC(/C=C1\SC(=O)N(Cc2ccc(F)cc2)C1=O)=C\c1ccccc1. The van der Waals surface area contributed by atoms with Gasteiger partial charge in [0.2, 0.25) is 0 Å². The first-order valence-corrected chi connectivity index (χ1v) is 8.58. The minimum Gasteiger partial charge on any atom is -0.268 e. The van der Waals surface area contributed by atoms with Crippen LogP contribution in [0.2, 0.25) is 0 Å². The second-order valence-corrected chi connectivity index (χ2v) is 6.69. The van der Waals surface area contributed by atoms with E-state index in [0.717, 1.165) is 22.9 Å². The van der Waals surface area contributed by atoms with Crippen LogP contribution in [0.25, 0.3) is 6.08 Å².